The summed E-state index contributed by atoms with van der Waals surface area (Å²) in [4.78, 5) is 11.7. The van der Waals surface area contributed by atoms with E-state index < -0.39 is 48.0 Å². The third kappa shape index (κ3) is 8.48. The van der Waals surface area contributed by atoms with Gasteiger partial charge in [0.2, 0.25) is 0 Å². The molecule has 0 bridgehead atoms. The highest BCUT2D eigenvalue weighted by atomic mass is 19.4. The van der Waals surface area contributed by atoms with Crippen LogP contribution < -0.4 is 4.74 Å². The Labute approximate surface area is 223 Å². The van der Waals surface area contributed by atoms with E-state index in [4.69, 9.17) is 9.47 Å². The van der Waals surface area contributed by atoms with Crippen molar-refractivity contribution in [2.45, 2.75) is 83.0 Å². The van der Waals surface area contributed by atoms with E-state index in [1.165, 1.54) is 11.6 Å². The van der Waals surface area contributed by atoms with Crippen molar-refractivity contribution >= 4 is 5.97 Å². The van der Waals surface area contributed by atoms with Crippen molar-refractivity contribution in [2.75, 3.05) is 6.61 Å². The number of aliphatic hydroxyl groups is 2. The zero-order valence-electron chi connectivity index (χ0n) is 21.8. The van der Waals surface area contributed by atoms with Crippen molar-refractivity contribution in [3.63, 3.8) is 0 Å². The summed E-state index contributed by atoms with van der Waals surface area (Å²) in [6.45, 7) is 2.90. The van der Waals surface area contributed by atoms with Gasteiger partial charge in [-0.15, -0.1) is 0 Å². The molecule has 0 aromatic heterocycles. The Hall–Kier alpha value is -2.53. The highest BCUT2D eigenvalue weighted by molar-refractivity contribution is 5.69. The third-order valence-corrected chi connectivity index (χ3v) is 7.08. The zero-order chi connectivity index (χ0) is 29.0. The van der Waals surface area contributed by atoms with Crippen LogP contribution in [-0.2, 0) is 21.9 Å². The number of carbonyl (C=O) groups excluding carboxylic acids is 1. The van der Waals surface area contributed by atoms with Gasteiger partial charge in [-0.25, -0.2) is 0 Å². The molecule has 0 heterocycles. The first-order valence-corrected chi connectivity index (χ1v) is 13.0. The molecule has 11 heteroatoms. The van der Waals surface area contributed by atoms with Crippen LogP contribution in [0.1, 0.15) is 63.5 Å². The lowest BCUT2D eigenvalue weighted by Gasteiger charge is -2.20. The number of esters is 1. The number of halogens is 6. The van der Waals surface area contributed by atoms with Gasteiger partial charge in [0, 0.05) is 12.3 Å². The molecule has 0 amide bonds. The second-order valence-corrected chi connectivity index (χ2v) is 10.4. The number of aliphatic hydroxyl groups excluding tert-OH is 2. The Bertz CT molecular complexity index is 1050. The standard InChI is InChI=1S/C28H34F6O5/c1-16(2)39-25(37)9-4-3-6-17-12-18-14-23(36)20(21(18)13-17)11-10-19(35)15-38-24-8-5-7-22(27(29,30)31)26(24)28(32,33)34/h5-8,10-11,16,18-21,23,35-36H,3-4,9,12-15H2,1-2H3/t18-,19+,20+,21-,23+/m0/s1. The maximum absolute atomic E-state index is 13.4. The van der Waals surface area contributed by atoms with Crippen molar-refractivity contribution in [1.29, 1.82) is 0 Å². The van der Waals surface area contributed by atoms with Gasteiger partial charge < -0.3 is 19.7 Å². The molecule has 1 aromatic rings. The summed E-state index contributed by atoms with van der Waals surface area (Å²) in [5.74, 6) is -1.16. The molecule has 0 aliphatic heterocycles. The summed E-state index contributed by atoms with van der Waals surface area (Å²) in [7, 11) is 0. The zero-order valence-corrected chi connectivity index (χ0v) is 21.8. The van der Waals surface area contributed by atoms with Crippen LogP contribution in [0.4, 0.5) is 26.3 Å². The quantitative estimate of drug-likeness (QED) is 0.147. The molecule has 1 aromatic carbocycles. The van der Waals surface area contributed by atoms with Crippen LogP contribution in [0.15, 0.2) is 42.0 Å². The van der Waals surface area contributed by atoms with Crippen molar-refractivity contribution < 1.29 is 50.8 Å². The molecule has 2 saturated carbocycles. The smallest absolute Gasteiger partial charge is 0.420 e. The largest absolute Gasteiger partial charge is 0.490 e. The predicted octanol–water partition coefficient (Wildman–Crippen LogP) is 6.48. The summed E-state index contributed by atoms with van der Waals surface area (Å²) in [5, 5.41) is 20.8. The van der Waals surface area contributed by atoms with Crippen LogP contribution >= 0.6 is 0 Å². The van der Waals surface area contributed by atoms with E-state index in [-0.39, 0.29) is 29.8 Å². The van der Waals surface area contributed by atoms with Crippen molar-refractivity contribution in [1.82, 2.24) is 0 Å². The fourth-order valence-corrected chi connectivity index (χ4v) is 5.48. The molecule has 2 aliphatic carbocycles. The molecule has 0 unspecified atom stereocenters. The van der Waals surface area contributed by atoms with Crippen LogP contribution in [0.5, 0.6) is 5.75 Å². The first-order chi connectivity index (χ1) is 18.2. The number of hydrogen-bond acceptors (Lipinski definition) is 5. The average Bonchev–Trinajstić information content (AvgIpc) is 3.33. The topological polar surface area (TPSA) is 76.0 Å². The first-order valence-electron chi connectivity index (χ1n) is 13.0. The van der Waals surface area contributed by atoms with Crippen LogP contribution in [0, 0.1) is 17.8 Å². The Morgan fingerprint density at radius 2 is 1.85 bits per heavy atom. The van der Waals surface area contributed by atoms with Crippen LogP contribution in [0.2, 0.25) is 0 Å². The number of alkyl halides is 6. The van der Waals surface area contributed by atoms with Gasteiger partial charge in [0.25, 0.3) is 0 Å². The minimum absolute atomic E-state index is 0.127. The lowest BCUT2D eigenvalue weighted by molar-refractivity contribution is -0.163. The monoisotopic (exact) mass is 564 g/mol. The van der Waals surface area contributed by atoms with Gasteiger partial charge in [-0.1, -0.05) is 29.9 Å². The summed E-state index contributed by atoms with van der Waals surface area (Å²) in [6.07, 6.45) is -3.80. The maximum Gasteiger partial charge on any atom is 0.420 e. The Morgan fingerprint density at radius 3 is 2.49 bits per heavy atom. The number of fused-ring (bicyclic) bond motifs is 1. The van der Waals surface area contributed by atoms with E-state index in [9.17, 15) is 41.4 Å². The molecular formula is C28H34F6O5. The molecule has 218 valence electrons. The lowest BCUT2D eigenvalue weighted by atomic mass is 9.90. The molecule has 2 aliphatic rings. The highest BCUT2D eigenvalue weighted by Crippen LogP contribution is 2.50. The highest BCUT2D eigenvalue weighted by Gasteiger charge is 2.46. The molecule has 2 fully saturated rings. The number of rotatable bonds is 10. The van der Waals surface area contributed by atoms with Crippen LogP contribution in [0.25, 0.3) is 0 Å². The van der Waals surface area contributed by atoms with Crippen molar-refractivity contribution in [3.8, 4) is 5.75 Å². The van der Waals surface area contributed by atoms with Crippen molar-refractivity contribution in [3.05, 3.63) is 53.1 Å². The SMILES string of the molecule is CC(C)OC(=O)CCCC=C1C[C@H]2C[C@@H](O)[C@H](C=C[C@@H](O)COc3cccc(C(F)(F)F)c3C(F)(F)F)[C@H]2C1. The molecule has 5 nitrogen and oxygen atoms in total. The van der Waals surface area contributed by atoms with Crippen molar-refractivity contribution in [2.24, 2.45) is 17.8 Å². The molecule has 5 atom stereocenters. The molecule has 0 spiro atoms. The molecule has 39 heavy (non-hydrogen) atoms. The molecule has 0 radical (unpaired) electrons. The minimum atomic E-state index is -5.31. The summed E-state index contributed by atoms with van der Waals surface area (Å²) in [6, 6.07) is 1.92. The van der Waals surface area contributed by atoms with E-state index >= 15 is 0 Å². The minimum Gasteiger partial charge on any atom is -0.490 e. The summed E-state index contributed by atoms with van der Waals surface area (Å²) >= 11 is 0. The Kier molecular flexibility index (Phi) is 10.1. The first kappa shape index (κ1) is 31.0. The van der Waals surface area contributed by atoms with Gasteiger partial charge in [-0.05, 0) is 69.9 Å². The van der Waals surface area contributed by atoms with E-state index in [1.807, 2.05) is 0 Å². The number of unbranched alkanes of at least 4 members (excludes halogenated alkanes) is 1. The second kappa shape index (κ2) is 12.8. The summed E-state index contributed by atoms with van der Waals surface area (Å²) in [5.41, 5.74) is -2.57. The number of allylic oxidation sites excluding steroid dienone is 2. The molecule has 3 rings (SSSR count). The predicted molar refractivity (Wildman–Crippen MR) is 131 cm³/mol. The summed E-state index contributed by atoms with van der Waals surface area (Å²) < 4.78 is 89.6. The Balaban J connectivity index is 1.57. The maximum atomic E-state index is 13.4. The molecule has 0 saturated heterocycles. The lowest BCUT2D eigenvalue weighted by Crippen LogP contribution is -2.22. The van der Waals surface area contributed by atoms with Gasteiger partial charge >= 0.3 is 18.3 Å². The normalized spacial score (nSPS) is 25.5. The number of ether oxygens (including phenoxy) is 2. The van der Waals surface area contributed by atoms with Gasteiger partial charge in [0.05, 0.1) is 17.8 Å². The second-order valence-electron chi connectivity index (χ2n) is 10.4. The molecular weight excluding hydrogens is 530 g/mol. The van der Waals surface area contributed by atoms with Crippen LogP contribution in [-0.4, -0.2) is 41.1 Å². The molecule has 2 N–H and O–H groups in total. The van der Waals surface area contributed by atoms with Gasteiger partial charge in [-0.3, -0.25) is 4.79 Å². The average molecular weight is 565 g/mol. The fraction of sp³-hybridized carbons (Fsp3) is 0.607. The van der Waals surface area contributed by atoms with Gasteiger partial charge in [-0.2, -0.15) is 26.3 Å². The Morgan fingerprint density at radius 1 is 1.13 bits per heavy atom. The number of hydrogen-bond donors (Lipinski definition) is 2. The fourth-order valence-electron chi connectivity index (χ4n) is 5.48. The van der Waals surface area contributed by atoms with Crippen LogP contribution in [0.3, 0.4) is 0 Å². The van der Waals surface area contributed by atoms with E-state index in [0.717, 1.165) is 31.4 Å². The number of benzene rings is 1. The van der Waals surface area contributed by atoms with E-state index in [0.29, 0.717) is 25.3 Å². The van der Waals surface area contributed by atoms with Gasteiger partial charge in [0.15, 0.2) is 0 Å². The number of carbonyl (C=O) groups is 1. The van der Waals surface area contributed by atoms with Gasteiger partial charge in [0.1, 0.15) is 24.0 Å². The van der Waals surface area contributed by atoms with E-state index in [1.54, 1.807) is 19.9 Å². The van der Waals surface area contributed by atoms with E-state index in [2.05, 4.69) is 6.08 Å². The third-order valence-electron chi connectivity index (χ3n) is 7.08.